The molecule has 0 N–H and O–H groups in total. The van der Waals surface area contributed by atoms with E-state index in [0.29, 0.717) is 5.56 Å². The van der Waals surface area contributed by atoms with Crippen molar-refractivity contribution in [3.05, 3.63) is 71.8 Å². The van der Waals surface area contributed by atoms with Gasteiger partial charge in [0, 0.05) is 11.5 Å². The average Bonchev–Trinajstić information content (AvgIpc) is 2.90. The summed E-state index contributed by atoms with van der Waals surface area (Å²) in [4.78, 5) is 24.1. The van der Waals surface area contributed by atoms with Crippen molar-refractivity contribution in [2.24, 2.45) is 0 Å². The number of benzene rings is 2. The number of hydrogen-bond donors (Lipinski definition) is 0. The third-order valence-electron chi connectivity index (χ3n) is 3.55. The van der Waals surface area contributed by atoms with Crippen molar-refractivity contribution in [1.82, 2.24) is 0 Å². The second-order valence-electron chi connectivity index (χ2n) is 4.86. The molecule has 1 saturated heterocycles. The van der Waals surface area contributed by atoms with Gasteiger partial charge in [0.15, 0.2) is 6.10 Å². The molecule has 1 fully saturated rings. The Morgan fingerprint density at radius 2 is 1.55 bits per heavy atom. The van der Waals surface area contributed by atoms with E-state index in [1.807, 2.05) is 48.5 Å². The Bertz CT molecular complexity index is 619. The van der Waals surface area contributed by atoms with Gasteiger partial charge in [0.05, 0.1) is 6.42 Å². The van der Waals surface area contributed by atoms with Crippen molar-refractivity contribution in [3.63, 3.8) is 0 Å². The van der Waals surface area contributed by atoms with E-state index >= 15 is 0 Å². The summed E-state index contributed by atoms with van der Waals surface area (Å²) in [6.45, 7) is 0. The van der Waals surface area contributed by atoms with Crippen molar-refractivity contribution in [2.45, 2.75) is 18.4 Å². The van der Waals surface area contributed by atoms with E-state index in [4.69, 9.17) is 4.74 Å². The Hall–Kier alpha value is -2.42. The number of rotatable bonds is 3. The van der Waals surface area contributed by atoms with Crippen LogP contribution >= 0.6 is 0 Å². The summed E-state index contributed by atoms with van der Waals surface area (Å²) in [5.41, 5.74) is 1.54. The average molecular weight is 266 g/mol. The summed E-state index contributed by atoms with van der Waals surface area (Å²) in [5.74, 6) is -0.644. The summed E-state index contributed by atoms with van der Waals surface area (Å²) >= 11 is 0. The molecule has 3 heteroatoms. The fraction of sp³-hybridized carbons (Fsp3) is 0.176. The van der Waals surface area contributed by atoms with Crippen molar-refractivity contribution in [2.75, 3.05) is 0 Å². The predicted octanol–water partition coefficient (Wildman–Crippen LogP) is 2.97. The highest BCUT2D eigenvalue weighted by molar-refractivity contribution is 6.02. The minimum atomic E-state index is -0.715. The Kier molecular flexibility index (Phi) is 3.33. The van der Waals surface area contributed by atoms with Crippen LogP contribution in [-0.4, -0.2) is 17.9 Å². The molecule has 3 rings (SSSR count). The molecule has 20 heavy (non-hydrogen) atoms. The Morgan fingerprint density at radius 1 is 0.950 bits per heavy atom. The van der Waals surface area contributed by atoms with Crippen LogP contribution in [0.15, 0.2) is 60.7 Å². The molecule has 1 aliphatic rings. The van der Waals surface area contributed by atoms with Crippen molar-refractivity contribution >= 4 is 11.8 Å². The molecule has 1 aliphatic heterocycles. The third kappa shape index (κ3) is 2.35. The number of cyclic esters (lactones) is 1. The fourth-order valence-corrected chi connectivity index (χ4v) is 2.55. The summed E-state index contributed by atoms with van der Waals surface area (Å²) in [7, 11) is 0. The second kappa shape index (κ2) is 5.29. The van der Waals surface area contributed by atoms with E-state index in [1.165, 1.54) is 0 Å². The van der Waals surface area contributed by atoms with Crippen LogP contribution in [0.4, 0.5) is 0 Å². The van der Waals surface area contributed by atoms with Gasteiger partial charge in [0.1, 0.15) is 0 Å². The Labute approximate surface area is 117 Å². The number of carbonyl (C=O) groups is 2. The van der Waals surface area contributed by atoms with Gasteiger partial charge in [-0.3, -0.25) is 9.59 Å². The molecule has 1 heterocycles. The standard InChI is InChI=1S/C17H14O3/c18-15-11-14(12-7-3-1-4-8-12)17(20-15)16(19)13-9-5-2-6-10-13/h1-10,14,17H,11H2. The highest BCUT2D eigenvalue weighted by Gasteiger charge is 2.40. The van der Waals surface area contributed by atoms with E-state index in [2.05, 4.69) is 0 Å². The lowest BCUT2D eigenvalue weighted by atomic mass is 9.88. The lowest BCUT2D eigenvalue weighted by Crippen LogP contribution is -2.25. The molecule has 0 amide bonds. The van der Waals surface area contributed by atoms with Crippen LogP contribution in [-0.2, 0) is 9.53 Å². The van der Waals surface area contributed by atoms with Gasteiger partial charge in [-0.15, -0.1) is 0 Å². The number of hydrogen-bond acceptors (Lipinski definition) is 3. The zero-order chi connectivity index (χ0) is 13.9. The molecule has 0 saturated carbocycles. The SMILES string of the molecule is O=C1CC(c2ccccc2)C(C(=O)c2ccccc2)O1. The maximum absolute atomic E-state index is 12.5. The first kappa shape index (κ1) is 12.6. The number of esters is 1. The van der Waals surface area contributed by atoms with Gasteiger partial charge in [-0.05, 0) is 5.56 Å². The van der Waals surface area contributed by atoms with E-state index < -0.39 is 6.10 Å². The zero-order valence-electron chi connectivity index (χ0n) is 10.9. The van der Waals surface area contributed by atoms with E-state index in [-0.39, 0.29) is 24.1 Å². The smallest absolute Gasteiger partial charge is 0.307 e. The fourth-order valence-electron chi connectivity index (χ4n) is 2.55. The van der Waals surface area contributed by atoms with Gasteiger partial charge >= 0.3 is 5.97 Å². The van der Waals surface area contributed by atoms with Crippen LogP contribution in [0.25, 0.3) is 0 Å². The summed E-state index contributed by atoms with van der Waals surface area (Å²) in [6, 6.07) is 18.5. The molecule has 0 spiro atoms. The normalized spacial score (nSPS) is 21.5. The summed E-state index contributed by atoms with van der Waals surface area (Å²) in [5, 5.41) is 0. The molecule has 3 nitrogen and oxygen atoms in total. The maximum atomic E-state index is 12.5. The van der Waals surface area contributed by atoms with Gasteiger partial charge < -0.3 is 4.74 Å². The molecule has 0 radical (unpaired) electrons. The van der Waals surface area contributed by atoms with Gasteiger partial charge in [-0.2, -0.15) is 0 Å². The number of ketones is 1. The van der Waals surface area contributed by atoms with Gasteiger partial charge in [0.2, 0.25) is 5.78 Å². The van der Waals surface area contributed by atoms with Crippen LogP contribution in [0.3, 0.4) is 0 Å². The van der Waals surface area contributed by atoms with Crippen LogP contribution in [0, 0.1) is 0 Å². The lowest BCUT2D eigenvalue weighted by molar-refractivity contribution is -0.140. The first-order valence-corrected chi connectivity index (χ1v) is 6.59. The van der Waals surface area contributed by atoms with Gasteiger partial charge in [-0.25, -0.2) is 0 Å². The highest BCUT2D eigenvalue weighted by atomic mass is 16.6. The molecule has 0 bridgehead atoms. The molecule has 2 aromatic rings. The maximum Gasteiger partial charge on any atom is 0.307 e. The molecule has 2 atom stereocenters. The van der Waals surface area contributed by atoms with Crippen molar-refractivity contribution in [1.29, 1.82) is 0 Å². The predicted molar refractivity (Wildman–Crippen MR) is 74.5 cm³/mol. The highest BCUT2D eigenvalue weighted by Crippen LogP contribution is 2.33. The monoisotopic (exact) mass is 266 g/mol. The molecular weight excluding hydrogens is 252 g/mol. The van der Waals surface area contributed by atoms with Crippen molar-refractivity contribution < 1.29 is 14.3 Å². The Balaban J connectivity index is 1.91. The van der Waals surface area contributed by atoms with Crippen molar-refractivity contribution in [3.8, 4) is 0 Å². The van der Waals surface area contributed by atoms with Crippen LogP contribution < -0.4 is 0 Å². The molecular formula is C17H14O3. The third-order valence-corrected chi connectivity index (χ3v) is 3.55. The Morgan fingerprint density at radius 3 is 2.20 bits per heavy atom. The lowest BCUT2D eigenvalue weighted by Gasteiger charge is -2.16. The first-order chi connectivity index (χ1) is 9.75. The molecule has 100 valence electrons. The van der Waals surface area contributed by atoms with Crippen LogP contribution in [0.5, 0.6) is 0 Å². The second-order valence-corrected chi connectivity index (χ2v) is 4.86. The summed E-state index contributed by atoms with van der Waals surface area (Å²) < 4.78 is 5.26. The van der Waals surface area contributed by atoms with Crippen LogP contribution in [0.2, 0.25) is 0 Å². The number of ether oxygens (including phenoxy) is 1. The minimum absolute atomic E-state index is 0.134. The largest absolute Gasteiger partial charge is 0.453 e. The van der Waals surface area contributed by atoms with Gasteiger partial charge in [0.25, 0.3) is 0 Å². The quantitative estimate of drug-likeness (QED) is 0.633. The minimum Gasteiger partial charge on any atom is -0.453 e. The number of Topliss-reactive ketones (excluding diaryl/α,β-unsaturated/α-hetero) is 1. The van der Waals surface area contributed by atoms with E-state index in [9.17, 15) is 9.59 Å². The molecule has 0 aliphatic carbocycles. The first-order valence-electron chi connectivity index (χ1n) is 6.59. The van der Waals surface area contributed by atoms with E-state index in [0.717, 1.165) is 5.56 Å². The number of carbonyl (C=O) groups excluding carboxylic acids is 2. The zero-order valence-corrected chi connectivity index (χ0v) is 10.9. The topological polar surface area (TPSA) is 43.4 Å². The van der Waals surface area contributed by atoms with Crippen LogP contribution in [0.1, 0.15) is 28.3 Å². The van der Waals surface area contributed by atoms with Gasteiger partial charge in [-0.1, -0.05) is 60.7 Å². The summed E-state index contributed by atoms with van der Waals surface area (Å²) in [6.07, 6.45) is -0.458. The molecule has 2 unspecified atom stereocenters. The van der Waals surface area contributed by atoms with E-state index in [1.54, 1.807) is 12.1 Å². The molecule has 0 aromatic heterocycles. The molecule has 2 aromatic carbocycles.